The number of ether oxygens (including phenoxy) is 1. The third-order valence-electron chi connectivity index (χ3n) is 4.47. The lowest BCUT2D eigenvalue weighted by molar-refractivity contribution is 0.0983. The first-order chi connectivity index (χ1) is 10.2. The van der Waals surface area contributed by atoms with Crippen molar-refractivity contribution in [1.29, 1.82) is 0 Å². The molecule has 0 radical (unpaired) electrons. The molecule has 1 fully saturated rings. The van der Waals surface area contributed by atoms with Crippen LogP contribution in [0.5, 0.6) is 0 Å². The Morgan fingerprint density at radius 3 is 2.90 bits per heavy atom. The molecule has 0 amide bonds. The quantitative estimate of drug-likeness (QED) is 0.868. The smallest absolute Gasteiger partial charge is 0.0713 e. The van der Waals surface area contributed by atoms with Crippen LogP contribution < -0.4 is 5.73 Å². The van der Waals surface area contributed by atoms with Gasteiger partial charge in [0, 0.05) is 32.3 Å². The molecule has 1 aromatic carbocycles. The Hall–Kier alpha value is -0.940. The zero-order valence-electron chi connectivity index (χ0n) is 13.6. The largest absolute Gasteiger partial charge is 0.380 e. The highest BCUT2D eigenvalue weighted by Crippen LogP contribution is 2.26. The van der Waals surface area contributed by atoms with E-state index >= 15 is 0 Å². The Morgan fingerprint density at radius 2 is 2.24 bits per heavy atom. The van der Waals surface area contributed by atoms with Gasteiger partial charge in [-0.25, -0.2) is 0 Å². The maximum absolute atomic E-state index is 6.09. The van der Waals surface area contributed by atoms with Crippen LogP contribution in [0.1, 0.15) is 30.0 Å². The molecule has 2 rings (SSSR count). The molecular formula is C17H29N3O. The summed E-state index contributed by atoms with van der Waals surface area (Å²) >= 11 is 0. The lowest BCUT2D eigenvalue weighted by Crippen LogP contribution is -2.47. The Labute approximate surface area is 128 Å². The normalized spacial score (nSPS) is 21.7. The molecule has 1 saturated heterocycles. The minimum absolute atomic E-state index is 0.310. The highest BCUT2D eigenvalue weighted by molar-refractivity contribution is 5.26. The van der Waals surface area contributed by atoms with E-state index in [2.05, 4.69) is 48.2 Å². The molecule has 0 aliphatic carbocycles. The van der Waals surface area contributed by atoms with Crippen LogP contribution >= 0.6 is 0 Å². The minimum atomic E-state index is 0.310. The number of likely N-dealkylation sites (N-methyl/N-ethyl adjacent to an activating group) is 1. The summed E-state index contributed by atoms with van der Waals surface area (Å²) in [5.74, 6) is 0. The van der Waals surface area contributed by atoms with Gasteiger partial charge < -0.3 is 15.4 Å². The second-order valence-corrected chi connectivity index (χ2v) is 6.18. The summed E-state index contributed by atoms with van der Waals surface area (Å²) in [5, 5.41) is 0. The summed E-state index contributed by atoms with van der Waals surface area (Å²) < 4.78 is 5.24. The third-order valence-corrected chi connectivity index (χ3v) is 4.47. The van der Waals surface area contributed by atoms with Crippen molar-refractivity contribution in [1.82, 2.24) is 9.80 Å². The number of rotatable bonds is 6. The topological polar surface area (TPSA) is 41.7 Å². The third kappa shape index (κ3) is 4.27. The first-order valence-corrected chi connectivity index (χ1v) is 7.84. The number of hydrogen-bond acceptors (Lipinski definition) is 4. The molecule has 2 unspecified atom stereocenters. The van der Waals surface area contributed by atoms with E-state index < -0.39 is 0 Å². The van der Waals surface area contributed by atoms with Crippen LogP contribution in [-0.2, 0) is 11.3 Å². The molecule has 1 aliphatic heterocycles. The highest BCUT2D eigenvalue weighted by Gasteiger charge is 2.27. The highest BCUT2D eigenvalue weighted by atomic mass is 16.5. The van der Waals surface area contributed by atoms with Crippen molar-refractivity contribution < 1.29 is 4.74 Å². The Bertz CT molecular complexity index is 436. The van der Waals surface area contributed by atoms with Crippen LogP contribution in [0.2, 0.25) is 0 Å². The zero-order chi connectivity index (χ0) is 15.2. The monoisotopic (exact) mass is 291 g/mol. The van der Waals surface area contributed by atoms with E-state index in [4.69, 9.17) is 10.5 Å². The van der Waals surface area contributed by atoms with Crippen LogP contribution in [-0.4, -0.2) is 56.7 Å². The van der Waals surface area contributed by atoms with Crippen LogP contribution in [0.3, 0.4) is 0 Å². The molecule has 1 aliphatic rings. The predicted molar refractivity (Wildman–Crippen MR) is 87.2 cm³/mol. The molecule has 4 heteroatoms. The number of piperidine rings is 1. The van der Waals surface area contributed by atoms with Gasteiger partial charge >= 0.3 is 0 Å². The Balaban J connectivity index is 2.13. The van der Waals surface area contributed by atoms with E-state index in [1.54, 1.807) is 7.11 Å². The zero-order valence-corrected chi connectivity index (χ0v) is 13.6. The van der Waals surface area contributed by atoms with Gasteiger partial charge in [0.2, 0.25) is 0 Å². The molecule has 0 spiro atoms. The number of nitrogens with zero attached hydrogens (tertiary/aromatic N) is 2. The molecule has 4 nitrogen and oxygen atoms in total. The van der Waals surface area contributed by atoms with E-state index in [-0.39, 0.29) is 0 Å². The second kappa shape index (κ2) is 7.90. The molecule has 0 aromatic heterocycles. The lowest BCUT2D eigenvalue weighted by Gasteiger charge is -2.40. The average Bonchev–Trinajstić information content (AvgIpc) is 2.49. The van der Waals surface area contributed by atoms with Crippen molar-refractivity contribution in [2.24, 2.45) is 5.73 Å². The number of likely N-dealkylation sites (tertiary alicyclic amines) is 1. The summed E-state index contributed by atoms with van der Waals surface area (Å²) in [4.78, 5) is 4.88. The number of benzene rings is 1. The Morgan fingerprint density at radius 1 is 1.43 bits per heavy atom. The average molecular weight is 291 g/mol. The molecule has 0 saturated carbocycles. The van der Waals surface area contributed by atoms with E-state index in [0.717, 1.165) is 13.1 Å². The first kappa shape index (κ1) is 16.4. The Kier molecular flexibility index (Phi) is 6.18. The van der Waals surface area contributed by atoms with Gasteiger partial charge in [0.05, 0.1) is 6.61 Å². The van der Waals surface area contributed by atoms with Gasteiger partial charge in [-0.1, -0.05) is 24.3 Å². The van der Waals surface area contributed by atoms with Crippen molar-refractivity contribution in [2.45, 2.75) is 31.5 Å². The van der Waals surface area contributed by atoms with Crippen molar-refractivity contribution in [2.75, 3.05) is 40.8 Å². The van der Waals surface area contributed by atoms with Gasteiger partial charge in [0.1, 0.15) is 0 Å². The standard InChI is InChI=1S/C17H29N3O/c1-19(2)16-8-5-9-20(12-16)17(11-18)15-7-4-6-14(10-15)13-21-3/h4,6-7,10,16-17H,5,8-9,11-13,18H2,1-3H3. The minimum Gasteiger partial charge on any atom is -0.380 e. The van der Waals surface area contributed by atoms with Crippen LogP contribution in [0.25, 0.3) is 0 Å². The first-order valence-electron chi connectivity index (χ1n) is 7.84. The van der Waals surface area contributed by atoms with Crippen LogP contribution in [0.4, 0.5) is 0 Å². The SMILES string of the molecule is COCc1cccc(C(CN)N2CCCC(N(C)C)C2)c1. The maximum Gasteiger partial charge on any atom is 0.0713 e. The molecule has 21 heavy (non-hydrogen) atoms. The molecule has 2 N–H and O–H groups in total. The number of nitrogens with two attached hydrogens (primary N) is 1. The number of methoxy groups -OCH3 is 1. The fourth-order valence-corrected chi connectivity index (χ4v) is 3.24. The van der Waals surface area contributed by atoms with E-state index in [1.807, 2.05) is 0 Å². The summed E-state index contributed by atoms with van der Waals surface area (Å²) in [5.41, 5.74) is 8.62. The fraction of sp³-hybridized carbons (Fsp3) is 0.647. The molecule has 1 heterocycles. The summed E-state index contributed by atoms with van der Waals surface area (Å²) in [6.07, 6.45) is 2.53. The van der Waals surface area contributed by atoms with Gasteiger partial charge in [-0.15, -0.1) is 0 Å². The van der Waals surface area contributed by atoms with Crippen molar-refractivity contribution in [3.8, 4) is 0 Å². The molecule has 1 aromatic rings. The van der Waals surface area contributed by atoms with Gasteiger partial charge in [-0.05, 0) is 44.6 Å². The van der Waals surface area contributed by atoms with Gasteiger partial charge in [0.25, 0.3) is 0 Å². The summed E-state index contributed by atoms with van der Waals surface area (Å²) in [6, 6.07) is 9.59. The van der Waals surface area contributed by atoms with Gasteiger partial charge in [0.15, 0.2) is 0 Å². The van der Waals surface area contributed by atoms with Crippen molar-refractivity contribution >= 4 is 0 Å². The van der Waals surface area contributed by atoms with Gasteiger partial charge in [-0.3, -0.25) is 4.90 Å². The molecule has 118 valence electrons. The maximum atomic E-state index is 6.09. The van der Waals surface area contributed by atoms with E-state index in [0.29, 0.717) is 25.2 Å². The lowest BCUT2D eigenvalue weighted by atomic mass is 9.98. The predicted octanol–water partition coefficient (Wildman–Crippen LogP) is 1.86. The summed E-state index contributed by atoms with van der Waals surface area (Å²) in [6.45, 7) is 3.56. The van der Waals surface area contributed by atoms with E-state index in [1.165, 1.54) is 24.0 Å². The van der Waals surface area contributed by atoms with Gasteiger partial charge in [-0.2, -0.15) is 0 Å². The summed E-state index contributed by atoms with van der Waals surface area (Å²) in [7, 11) is 6.08. The molecule has 2 atom stereocenters. The molecular weight excluding hydrogens is 262 g/mol. The molecule has 0 bridgehead atoms. The van der Waals surface area contributed by atoms with Crippen LogP contribution in [0, 0.1) is 0 Å². The number of hydrogen-bond donors (Lipinski definition) is 1. The van der Waals surface area contributed by atoms with E-state index in [9.17, 15) is 0 Å². The van der Waals surface area contributed by atoms with Crippen molar-refractivity contribution in [3.63, 3.8) is 0 Å². The second-order valence-electron chi connectivity index (χ2n) is 6.18. The van der Waals surface area contributed by atoms with Crippen molar-refractivity contribution in [3.05, 3.63) is 35.4 Å². The van der Waals surface area contributed by atoms with Crippen LogP contribution in [0.15, 0.2) is 24.3 Å². The fourth-order valence-electron chi connectivity index (χ4n) is 3.24.